The van der Waals surface area contributed by atoms with Crippen molar-refractivity contribution in [3.05, 3.63) is 47.0 Å². The van der Waals surface area contributed by atoms with Crippen molar-refractivity contribution in [1.29, 1.82) is 0 Å². The van der Waals surface area contributed by atoms with E-state index in [0.717, 1.165) is 6.07 Å². The van der Waals surface area contributed by atoms with Gasteiger partial charge in [-0.15, -0.1) is 0 Å². The summed E-state index contributed by atoms with van der Waals surface area (Å²) >= 11 is 0. The third-order valence-electron chi connectivity index (χ3n) is 3.45. The molecule has 0 fully saturated rings. The zero-order chi connectivity index (χ0) is 15.4. The van der Waals surface area contributed by atoms with Gasteiger partial charge in [-0.2, -0.15) is 13.2 Å². The van der Waals surface area contributed by atoms with E-state index in [1.165, 1.54) is 12.1 Å². The van der Waals surface area contributed by atoms with E-state index in [9.17, 15) is 22.0 Å². The number of benzene rings is 2. The maximum atomic E-state index is 14.1. The Balaban J connectivity index is 2.41. The van der Waals surface area contributed by atoms with Crippen molar-refractivity contribution < 1.29 is 26.4 Å². The topological polar surface area (TPSA) is 13.1 Å². The van der Waals surface area contributed by atoms with E-state index in [1.807, 2.05) is 0 Å². The van der Waals surface area contributed by atoms with E-state index in [0.29, 0.717) is 18.1 Å². The van der Waals surface area contributed by atoms with Crippen LogP contribution in [0.1, 0.15) is 18.1 Å². The molecule has 0 unspecified atom stereocenters. The minimum Gasteiger partial charge on any atom is -0.450 e. The molecule has 0 spiro atoms. The Bertz CT molecular complexity index is 845. The van der Waals surface area contributed by atoms with E-state index >= 15 is 0 Å². The first-order chi connectivity index (χ1) is 9.84. The molecule has 0 N–H and O–H groups in total. The van der Waals surface area contributed by atoms with Gasteiger partial charge in [0.25, 0.3) is 0 Å². The summed E-state index contributed by atoms with van der Waals surface area (Å²) in [6.45, 7) is 1.73. The van der Waals surface area contributed by atoms with Crippen LogP contribution in [-0.2, 0) is 12.6 Å². The van der Waals surface area contributed by atoms with E-state index in [4.69, 9.17) is 4.42 Å². The molecule has 3 aromatic rings. The number of rotatable bonds is 1. The lowest BCUT2D eigenvalue weighted by Gasteiger charge is -2.07. The highest BCUT2D eigenvalue weighted by Crippen LogP contribution is 2.38. The summed E-state index contributed by atoms with van der Waals surface area (Å²) in [5, 5.41) is 0.379. The fourth-order valence-corrected chi connectivity index (χ4v) is 2.37. The number of hydrogen-bond donors (Lipinski definition) is 0. The van der Waals surface area contributed by atoms with Crippen LogP contribution >= 0.6 is 0 Å². The molecule has 1 aromatic heterocycles. The van der Waals surface area contributed by atoms with Crippen molar-refractivity contribution >= 4 is 21.9 Å². The minimum atomic E-state index is -4.83. The van der Waals surface area contributed by atoms with Gasteiger partial charge in [0.2, 0.25) is 0 Å². The van der Waals surface area contributed by atoms with Crippen LogP contribution in [0, 0.1) is 11.6 Å². The SMILES string of the molecule is CCc1ccc2c(oc3c(F)c(C(F)(F)F)ccc32)c1F. The molecule has 0 saturated heterocycles. The molecule has 110 valence electrons. The highest BCUT2D eigenvalue weighted by atomic mass is 19.4. The third-order valence-corrected chi connectivity index (χ3v) is 3.45. The highest BCUT2D eigenvalue weighted by molar-refractivity contribution is 6.05. The maximum absolute atomic E-state index is 14.1. The summed E-state index contributed by atoms with van der Waals surface area (Å²) in [5.74, 6) is -2.19. The molecule has 21 heavy (non-hydrogen) atoms. The first kappa shape index (κ1) is 13.9. The predicted molar refractivity (Wildman–Crippen MR) is 68.0 cm³/mol. The smallest absolute Gasteiger partial charge is 0.419 e. The van der Waals surface area contributed by atoms with Gasteiger partial charge < -0.3 is 4.42 Å². The van der Waals surface area contributed by atoms with Crippen molar-refractivity contribution in [1.82, 2.24) is 0 Å². The Labute approximate surface area is 116 Å². The molecule has 0 radical (unpaired) electrons. The molecule has 0 aliphatic heterocycles. The molecule has 2 aromatic carbocycles. The van der Waals surface area contributed by atoms with E-state index in [-0.39, 0.29) is 16.4 Å². The summed E-state index contributed by atoms with van der Waals surface area (Å²) < 4.78 is 71.2. The first-order valence-corrected chi connectivity index (χ1v) is 6.24. The standard InChI is InChI=1S/C15H9F5O/c1-2-7-3-4-8-9-5-6-10(15(18,19)20)12(17)14(9)21-13(8)11(7)16/h3-6H,2H2,1H3. The predicted octanol–water partition coefficient (Wildman–Crippen LogP) is 5.45. The van der Waals surface area contributed by atoms with Crippen LogP contribution in [-0.4, -0.2) is 0 Å². The van der Waals surface area contributed by atoms with Crippen molar-refractivity contribution in [2.75, 3.05) is 0 Å². The summed E-state index contributed by atoms with van der Waals surface area (Å²) in [7, 11) is 0. The Morgan fingerprint density at radius 1 is 0.905 bits per heavy atom. The van der Waals surface area contributed by atoms with Crippen molar-refractivity contribution in [2.24, 2.45) is 0 Å². The lowest BCUT2D eigenvalue weighted by Crippen LogP contribution is -2.07. The van der Waals surface area contributed by atoms with Crippen LogP contribution in [0.3, 0.4) is 0 Å². The fourth-order valence-electron chi connectivity index (χ4n) is 2.37. The Morgan fingerprint density at radius 2 is 1.48 bits per heavy atom. The number of fused-ring (bicyclic) bond motifs is 3. The van der Waals surface area contributed by atoms with Crippen molar-refractivity contribution in [2.45, 2.75) is 19.5 Å². The van der Waals surface area contributed by atoms with Gasteiger partial charge in [-0.1, -0.05) is 13.0 Å². The lowest BCUT2D eigenvalue weighted by atomic mass is 10.1. The van der Waals surface area contributed by atoms with E-state index in [1.54, 1.807) is 6.92 Å². The molecular formula is C15H9F5O. The van der Waals surface area contributed by atoms with Gasteiger partial charge in [0, 0.05) is 10.8 Å². The minimum absolute atomic E-state index is 0.122. The third kappa shape index (κ3) is 1.97. The Kier molecular flexibility index (Phi) is 2.93. The second-order valence-electron chi connectivity index (χ2n) is 4.67. The summed E-state index contributed by atoms with van der Waals surface area (Å²) in [6.07, 6.45) is -4.43. The monoisotopic (exact) mass is 300 g/mol. The van der Waals surface area contributed by atoms with Crippen molar-refractivity contribution in [3.8, 4) is 0 Å². The van der Waals surface area contributed by atoms with Crippen LogP contribution in [0.25, 0.3) is 21.9 Å². The summed E-state index contributed by atoms with van der Waals surface area (Å²) in [5.41, 5.74) is -1.86. The summed E-state index contributed by atoms with van der Waals surface area (Å²) in [4.78, 5) is 0. The molecule has 0 bridgehead atoms. The van der Waals surface area contributed by atoms with Crippen LogP contribution in [0.5, 0.6) is 0 Å². The molecule has 0 aliphatic rings. The number of alkyl halides is 3. The summed E-state index contributed by atoms with van der Waals surface area (Å²) in [6, 6.07) is 4.77. The van der Waals surface area contributed by atoms with E-state index < -0.39 is 29.0 Å². The zero-order valence-electron chi connectivity index (χ0n) is 10.8. The normalized spacial score (nSPS) is 12.5. The van der Waals surface area contributed by atoms with Gasteiger partial charge in [0.15, 0.2) is 22.8 Å². The molecule has 0 atom stereocenters. The fraction of sp³-hybridized carbons (Fsp3) is 0.200. The second kappa shape index (κ2) is 4.44. The van der Waals surface area contributed by atoms with Gasteiger partial charge in [-0.3, -0.25) is 0 Å². The molecule has 0 amide bonds. The molecule has 1 nitrogen and oxygen atoms in total. The highest BCUT2D eigenvalue weighted by Gasteiger charge is 2.36. The molecular weight excluding hydrogens is 291 g/mol. The lowest BCUT2D eigenvalue weighted by molar-refractivity contribution is -0.139. The number of hydrogen-bond acceptors (Lipinski definition) is 1. The van der Waals surface area contributed by atoms with Gasteiger partial charge in [0.05, 0.1) is 5.56 Å². The van der Waals surface area contributed by atoms with Crippen LogP contribution in [0.15, 0.2) is 28.7 Å². The molecule has 1 heterocycles. The number of halogens is 5. The average molecular weight is 300 g/mol. The van der Waals surface area contributed by atoms with Crippen LogP contribution in [0.4, 0.5) is 22.0 Å². The van der Waals surface area contributed by atoms with E-state index in [2.05, 4.69) is 0 Å². The maximum Gasteiger partial charge on any atom is 0.419 e. The molecule has 0 aliphatic carbocycles. The number of furan rings is 1. The second-order valence-corrected chi connectivity index (χ2v) is 4.67. The van der Waals surface area contributed by atoms with Crippen LogP contribution < -0.4 is 0 Å². The molecule has 3 rings (SSSR count). The van der Waals surface area contributed by atoms with Gasteiger partial charge in [-0.05, 0) is 30.2 Å². The largest absolute Gasteiger partial charge is 0.450 e. The first-order valence-electron chi connectivity index (χ1n) is 6.24. The quantitative estimate of drug-likeness (QED) is 0.545. The molecule has 0 saturated carbocycles. The average Bonchev–Trinajstić information content (AvgIpc) is 2.79. The Morgan fingerprint density at radius 3 is 2.05 bits per heavy atom. The Hall–Kier alpha value is -2.11. The molecule has 6 heteroatoms. The van der Waals surface area contributed by atoms with Gasteiger partial charge >= 0.3 is 6.18 Å². The van der Waals surface area contributed by atoms with Crippen molar-refractivity contribution in [3.63, 3.8) is 0 Å². The van der Waals surface area contributed by atoms with Crippen LogP contribution in [0.2, 0.25) is 0 Å². The van der Waals surface area contributed by atoms with Gasteiger partial charge in [0.1, 0.15) is 0 Å². The zero-order valence-corrected chi connectivity index (χ0v) is 10.8. The van der Waals surface area contributed by atoms with Gasteiger partial charge in [-0.25, -0.2) is 8.78 Å². The number of aryl methyl sites for hydroxylation is 1.